The second kappa shape index (κ2) is 7.35. The summed E-state index contributed by atoms with van der Waals surface area (Å²) in [5.41, 5.74) is 0.852. The molecule has 0 spiro atoms. The van der Waals surface area contributed by atoms with Gasteiger partial charge in [-0.3, -0.25) is 4.79 Å². The maximum absolute atomic E-state index is 11.7. The zero-order valence-electron chi connectivity index (χ0n) is 11.3. The lowest BCUT2D eigenvalue weighted by Crippen LogP contribution is -2.12. The number of methoxy groups -OCH3 is 1. The summed E-state index contributed by atoms with van der Waals surface area (Å²) in [7, 11) is 1.30. The maximum Gasteiger partial charge on any atom is 0.343 e. The normalized spacial score (nSPS) is 10.5. The lowest BCUT2D eigenvalue weighted by Gasteiger charge is -2.04. The van der Waals surface area contributed by atoms with Crippen molar-refractivity contribution < 1.29 is 19.1 Å². The van der Waals surface area contributed by atoms with Crippen molar-refractivity contribution in [2.75, 3.05) is 13.7 Å². The Morgan fingerprint density at radius 1 is 1.29 bits per heavy atom. The molecule has 0 fully saturated rings. The maximum atomic E-state index is 11.7. The number of hydrogen-bond acceptors (Lipinski definition) is 6. The molecule has 0 bridgehead atoms. The van der Waals surface area contributed by atoms with Gasteiger partial charge in [0.1, 0.15) is 5.75 Å². The van der Waals surface area contributed by atoms with E-state index in [1.807, 2.05) is 0 Å². The number of nitrogens with zero attached hydrogens (tertiary/aromatic N) is 1. The standard InChI is InChI=1S/C15H13NO4S/c1-19-14(18)10-20-12-5-2-11(3-6-12)4-7-13(17)15-16-8-9-21-15/h2-9H,10H2,1H3/b7-4+. The number of esters is 1. The second-order valence-electron chi connectivity index (χ2n) is 3.97. The fraction of sp³-hybridized carbons (Fsp3) is 0.133. The predicted octanol–water partition coefficient (Wildman–Crippen LogP) is 2.59. The van der Waals surface area contributed by atoms with Crippen LogP contribution in [0, 0.1) is 0 Å². The summed E-state index contributed by atoms with van der Waals surface area (Å²) < 4.78 is 9.70. The first-order valence-electron chi connectivity index (χ1n) is 6.10. The molecule has 0 N–H and O–H groups in total. The van der Waals surface area contributed by atoms with Crippen molar-refractivity contribution in [3.63, 3.8) is 0 Å². The number of hydrogen-bond donors (Lipinski definition) is 0. The lowest BCUT2D eigenvalue weighted by molar-refractivity contribution is -0.142. The van der Waals surface area contributed by atoms with Gasteiger partial charge in [-0.2, -0.15) is 0 Å². The fourth-order valence-corrected chi connectivity index (χ4v) is 2.02. The van der Waals surface area contributed by atoms with Crippen LogP contribution in [0.3, 0.4) is 0 Å². The van der Waals surface area contributed by atoms with Crippen molar-refractivity contribution in [3.8, 4) is 5.75 Å². The Kier molecular flexibility index (Phi) is 5.22. The zero-order valence-corrected chi connectivity index (χ0v) is 12.1. The molecule has 0 atom stereocenters. The van der Waals surface area contributed by atoms with Crippen LogP contribution in [0.25, 0.3) is 6.08 Å². The van der Waals surface area contributed by atoms with E-state index < -0.39 is 5.97 Å². The van der Waals surface area contributed by atoms with Crippen LogP contribution in [-0.2, 0) is 9.53 Å². The van der Waals surface area contributed by atoms with Crippen molar-refractivity contribution in [2.24, 2.45) is 0 Å². The van der Waals surface area contributed by atoms with Crippen LogP contribution >= 0.6 is 11.3 Å². The summed E-state index contributed by atoms with van der Waals surface area (Å²) in [5.74, 6) is -0.00663. The van der Waals surface area contributed by atoms with Crippen molar-refractivity contribution in [1.29, 1.82) is 0 Å². The Hall–Kier alpha value is -2.47. The number of ether oxygens (including phenoxy) is 2. The first-order chi connectivity index (χ1) is 10.2. The SMILES string of the molecule is COC(=O)COc1ccc(/C=C/C(=O)c2nccs2)cc1. The molecule has 1 heterocycles. The van der Waals surface area contributed by atoms with Crippen molar-refractivity contribution in [1.82, 2.24) is 4.98 Å². The molecule has 21 heavy (non-hydrogen) atoms. The van der Waals surface area contributed by atoms with Crippen LogP contribution in [0.2, 0.25) is 0 Å². The topological polar surface area (TPSA) is 65.5 Å². The highest BCUT2D eigenvalue weighted by Crippen LogP contribution is 2.14. The number of ketones is 1. The zero-order chi connectivity index (χ0) is 15.1. The summed E-state index contributed by atoms with van der Waals surface area (Å²) in [4.78, 5) is 26.6. The van der Waals surface area contributed by atoms with E-state index in [9.17, 15) is 9.59 Å². The summed E-state index contributed by atoms with van der Waals surface area (Å²) in [6, 6.07) is 7.02. The molecule has 0 aliphatic rings. The number of rotatable bonds is 6. The lowest BCUT2D eigenvalue weighted by atomic mass is 10.2. The van der Waals surface area contributed by atoms with Gasteiger partial charge in [-0.05, 0) is 23.8 Å². The Morgan fingerprint density at radius 2 is 2.05 bits per heavy atom. The number of carbonyl (C=O) groups excluding carboxylic acids is 2. The minimum atomic E-state index is -0.437. The van der Waals surface area contributed by atoms with Crippen molar-refractivity contribution in [3.05, 3.63) is 52.5 Å². The predicted molar refractivity (Wildman–Crippen MR) is 79.4 cm³/mol. The molecule has 5 nitrogen and oxygen atoms in total. The highest BCUT2D eigenvalue weighted by atomic mass is 32.1. The highest BCUT2D eigenvalue weighted by Gasteiger charge is 2.04. The summed E-state index contributed by atoms with van der Waals surface area (Å²) in [5, 5.41) is 2.22. The van der Waals surface area contributed by atoms with Gasteiger partial charge in [0, 0.05) is 11.6 Å². The average Bonchev–Trinajstić information content (AvgIpc) is 3.05. The van der Waals surface area contributed by atoms with E-state index >= 15 is 0 Å². The smallest absolute Gasteiger partial charge is 0.343 e. The number of aromatic nitrogens is 1. The highest BCUT2D eigenvalue weighted by molar-refractivity contribution is 7.11. The largest absolute Gasteiger partial charge is 0.482 e. The number of allylic oxidation sites excluding steroid dienone is 1. The van der Waals surface area contributed by atoms with Gasteiger partial charge in [0.15, 0.2) is 11.6 Å². The van der Waals surface area contributed by atoms with Crippen LogP contribution in [0.4, 0.5) is 0 Å². The Balaban J connectivity index is 1.93. The van der Waals surface area contributed by atoms with Gasteiger partial charge >= 0.3 is 5.97 Å². The van der Waals surface area contributed by atoms with Crippen LogP contribution in [0.5, 0.6) is 5.75 Å². The van der Waals surface area contributed by atoms with Gasteiger partial charge in [-0.1, -0.05) is 18.2 Å². The average molecular weight is 303 g/mol. The molecule has 6 heteroatoms. The third-order valence-corrected chi connectivity index (χ3v) is 3.32. The second-order valence-corrected chi connectivity index (χ2v) is 4.86. The molecule has 0 aliphatic heterocycles. The molecule has 2 aromatic rings. The van der Waals surface area contributed by atoms with Crippen LogP contribution in [0.15, 0.2) is 41.9 Å². The minimum Gasteiger partial charge on any atom is -0.482 e. The van der Waals surface area contributed by atoms with Crippen molar-refractivity contribution >= 4 is 29.2 Å². The van der Waals surface area contributed by atoms with E-state index in [0.29, 0.717) is 10.8 Å². The number of thiazole rings is 1. The first-order valence-corrected chi connectivity index (χ1v) is 6.98. The molecule has 2 rings (SSSR count). The van der Waals surface area contributed by atoms with Gasteiger partial charge in [0.2, 0.25) is 5.78 Å². The molecule has 0 radical (unpaired) electrons. The van der Waals surface area contributed by atoms with Gasteiger partial charge in [-0.25, -0.2) is 9.78 Å². The van der Waals surface area contributed by atoms with Crippen LogP contribution < -0.4 is 4.74 Å². The van der Waals surface area contributed by atoms with E-state index in [0.717, 1.165) is 5.56 Å². The molecule has 0 unspecified atom stereocenters. The summed E-state index contributed by atoms with van der Waals surface area (Å²) >= 11 is 1.30. The molecule has 0 amide bonds. The molecular weight excluding hydrogens is 290 g/mol. The quantitative estimate of drug-likeness (QED) is 0.466. The van der Waals surface area contributed by atoms with E-state index in [4.69, 9.17) is 4.74 Å². The number of carbonyl (C=O) groups is 2. The monoisotopic (exact) mass is 303 g/mol. The number of benzene rings is 1. The molecule has 0 saturated heterocycles. The third kappa shape index (κ3) is 4.54. The van der Waals surface area contributed by atoms with E-state index in [1.54, 1.807) is 41.9 Å². The van der Waals surface area contributed by atoms with Crippen LogP contribution in [0.1, 0.15) is 15.4 Å². The van der Waals surface area contributed by atoms with Gasteiger partial charge in [-0.15, -0.1) is 11.3 Å². The minimum absolute atomic E-state index is 0.129. The Labute approximate surface area is 125 Å². The van der Waals surface area contributed by atoms with Crippen LogP contribution in [-0.4, -0.2) is 30.5 Å². The molecule has 1 aromatic carbocycles. The fourth-order valence-electron chi connectivity index (χ4n) is 1.46. The van der Waals surface area contributed by atoms with E-state index in [-0.39, 0.29) is 12.4 Å². The van der Waals surface area contributed by atoms with E-state index in [2.05, 4.69) is 9.72 Å². The van der Waals surface area contributed by atoms with Crippen molar-refractivity contribution in [2.45, 2.75) is 0 Å². The summed E-state index contributed by atoms with van der Waals surface area (Å²) in [6.07, 6.45) is 4.77. The Morgan fingerprint density at radius 3 is 2.67 bits per heavy atom. The molecule has 108 valence electrons. The molecule has 0 aliphatic carbocycles. The first kappa shape index (κ1) is 14.9. The molecule has 1 aromatic heterocycles. The van der Waals surface area contributed by atoms with Gasteiger partial charge in [0.05, 0.1) is 7.11 Å². The van der Waals surface area contributed by atoms with Gasteiger partial charge in [0.25, 0.3) is 0 Å². The Bertz CT molecular complexity index is 632. The third-order valence-electron chi connectivity index (χ3n) is 2.53. The molecular formula is C15H13NO4S. The molecule has 0 saturated carbocycles. The summed E-state index contributed by atoms with van der Waals surface area (Å²) in [6.45, 7) is -0.131. The van der Waals surface area contributed by atoms with Gasteiger partial charge < -0.3 is 9.47 Å². The van der Waals surface area contributed by atoms with E-state index in [1.165, 1.54) is 24.5 Å².